The van der Waals surface area contributed by atoms with E-state index >= 15 is 0 Å². The quantitative estimate of drug-likeness (QED) is 0.611. The number of nitrogens with zero attached hydrogens (tertiary/aromatic N) is 2. The number of thiazole rings is 1. The van der Waals surface area contributed by atoms with Crippen molar-refractivity contribution in [2.75, 3.05) is 24.3 Å². The van der Waals surface area contributed by atoms with E-state index in [0.29, 0.717) is 12.3 Å². The van der Waals surface area contributed by atoms with Gasteiger partial charge in [-0.2, -0.15) is 0 Å². The van der Waals surface area contributed by atoms with Crippen molar-refractivity contribution in [3.8, 4) is 5.75 Å². The highest BCUT2D eigenvalue weighted by molar-refractivity contribution is 8.00. The molecule has 0 saturated heterocycles. The maximum Gasteiger partial charge on any atom is 0.239 e. The number of anilines is 1. The Bertz CT molecular complexity index is 797. The molecule has 0 spiro atoms. The van der Waals surface area contributed by atoms with Crippen LogP contribution in [-0.2, 0) is 4.79 Å². The Morgan fingerprint density at radius 1 is 1.21 bits per heavy atom. The molecule has 3 aromatic rings. The molecule has 6 heteroatoms. The lowest BCUT2D eigenvalue weighted by atomic mass is 10.3. The fourth-order valence-corrected chi connectivity index (χ4v) is 4.11. The van der Waals surface area contributed by atoms with Crippen LogP contribution in [0.3, 0.4) is 0 Å². The molecule has 1 amide bonds. The molecule has 124 valence electrons. The number of para-hydroxylation sites is 1. The number of hydrogen-bond acceptors (Lipinski definition) is 5. The van der Waals surface area contributed by atoms with Crippen molar-refractivity contribution in [2.24, 2.45) is 0 Å². The molecule has 24 heavy (non-hydrogen) atoms. The van der Waals surface area contributed by atoms with Crippen LogP contribution in [0.1, 0.15) is 6.92 Å². The van der Waals surface area contributed by atoms with Gasteiger partial charge in [-0.1, -0.05) is 23.5 Å². The second-order valence-electron chi connectivity index (χ2n) is 5.07. The van der Waals surface area contributed by atoms with Crippen LogP contribution in [0.15, 0.2) is 53.4 Å². The number of carbonyl (C=O) groups is 1. The summed E-state index contributed by atoms with van der Waals surface area (Å²) in [6, 6.07) is 15.7. The summed E-state index contributed by atoms with van der Waals surface area (Å²) in [5.41, 5.74) is 0.937. The van der Waals surface area contributed by atoms with E-state index in [4.69, 9.17) is 4.74 Å². The van der Waals surface area contributed by atoms with Crippen molar-refractivity contribution in [2.45, 2.75) is 11.8 Å². The van der Waals surface area contributed by atoms with Crippen LogP contribution in [0.5, 0.6) is 5.75 Å². The summed E-state index contributed by atoms with van der Waals surface area (Å²) in [7, 11) is 1.64. The molecule has 0 saturated carbocycles. The second-order valence-corrected chi connectivity index (χ2v) is 7.12. The second kappa shape index (κ2) is 7.68. The zero-order valence-corrected chi connectivity index (χ0v) is 15.2. The maximum absolute atomic E-state index is 12.6. The van der Waals surface area contributed by atoms with Crippen molar-refractivity contribution in [1.82, 2.24) is 4.98 Å². The zero-order valence-electron chi connectivity index (χ0n) is 13.6. The monoisotopic (exact) mass is 358 g/mol. The van der Waals surface area contributed by atoms with E-state index in [-0.39, 0.29) is 5.91 Å². The van der Waals surface area contributed by atoms with Gasteiger partial charge < -0.3 is 4.74 Å². The Hall–Kier alpha value is -2.05. The lowest BCUT2D eigenvalue weighted by Crippen LogP contribution is -2.31. The lowest BCUT2D eigenvalue weighted by Gasteiger charge is -2.17. The average molecular weight is 358 g/mol. The Balaban J connectivity index is 1.69. The molecule has 0 bridgehead atoms. The van der Waals surface area contributed by atoms with Gasteiger partial charge in [0.15, 0.2) is 5.13 Å². The van der Waals surface area contributed by atoms with Crippen LogP contribution in [0, 0.1) is 0 Å². The molecular formula is C18H18N2O2S2. The Morgan fingerprint density at radius 2 is 1.96 bits per heavy atom. The lowest BCUT2D eigenvalue weighted by molar-refractivity contribution is -0.116. The summed E-state index contributed by atoms with van der Waals surface area (Å²) in [6.07, 6.45) is 0. The average Bonchev–Trinajstić information content (AvgIpc) is 3.04. The van der Waals surface area contributed by atoms with E-state index in [1.807, 2.05) is 55.5 Å². The van der Waals surface area contributed by atoms with Gasteiger partial charge in [0.2, 0.25) is 5.91 Å². The number of ether oxygens (including phenoxy) is 1. The van der Waals surface area contributed by atoms with Crippen LogP contribution in [-0.4, -0.2) is 30.3 Å². The van der Waals surface area contributed by atoms with Crippen LogP contribution < -0.4 is 9.64 Å². The summed E-state index contributed by atoms with van der Waals surface area (Å²) in [5, 5.41) is 0.763. The van der Waals surface area contributed by atoms with E-state index in [0.717, 1.165) is 26.0 Å². The molecule has 0 N–H and O–H groups in total. The minimum Gasteiger partial charge on any atom is -0.497 e. The van der Waals surface area contributed by atoms with Crippen LogP contribution >= 0.6 is 23.1 Å². The van der Waals surface area contributed by atoms with Gasteiger partial charge in [-0.15, -0.1) is 11.8 Å². The number of methoxy groups -OCH3 is 1. The molecule has 3 rings (SSSR count). The first-order valence-corrected chi connectivity index (χ1v) is 9.44. The van der Waals surface area contributed by atoms with Gasteiger partial charge in [-0.05, 0) is 43.3 Å². The number of amides is 1. The van der Waals surface area contributed by atoms with Gasteiger partial charge in [0.25, 0.3) is 0 Å². The Morgan fingerprint density at radius 3 is 2.62 bits per heavy atom. The molecule has 0 aliphatic carbocycles. The Labute approximate surface area is 149 Å². The van der Waals surface area contributed by atoms with Crippen LogP contribution in [0.25, 0.3) is 10.2 Å². The molecule has 0 unspecified atom stereocenters. The smallest absolute Gasteiger partial charge is 0.239 e. The van der Waals surface area contributed by atoms with Crippen molar-refractivity contribution in [3.63, 3.8) is 0 Å². The molecule has 1 heterocycles. The summed E-state index contributed by atoms with van der Waals surface area (Å²) >= 11 is 3.08. The number of rotatable bonds is 6. The summed E-state index contributed by atoms with van der Waals surface area (Å²) in [6.45, 7) is 2.59. The van der Waals surface area contributed by atoms with Crippen molar-refractivity contribution in [3.05, 3.63) is 48.5 Å². The fraction of sp³-hybridized carbons (Fsp3) is 0.222. The van der Waals surface area contributed by atoms with Gasteiger partial charge in [0.05, 0.1) is 23.1 Å². The van der Waals surface area contributed by atoms with E-state index in [2.05, 4.69) is 4.98 Å². The highest BCUT2D eigenvalue weighted by Crippen LogP contribution is 2.29. The van der Waals surface area contributed by atoms with E-state index in [1.165, 1.54) is 11.8 Å². The first-order valence-electron chi connectivity index (χ1n) is 7.64. The van der Waals surface area contributed by atoms with E-state index < -0.39 is 0 Å². The van der Waals surface area contributed by atoms with Gasteiger partial charge >= 0.3 is 0 Å². The first kappa shape index (κ1) is 16.8. The SMILES string of the molecule is CCN(C(=O)CSc1ccc(OC)cc1)c1nc2ccccc2s1. The number of benzene rings is 2. The predicted molar refractivity (Wildman–Crippen MR) is 101 cm³/mol. The largest absolute Gasteiger partial charge is 0.497 e. The van der Waals surface area contributed by atoms with E-state index in [1.54, 1.807) is 23.3 Å². The third kappa shape index (κ3) is 3.71. The number of carbonyl (C=O) groups excluding carboxylic acids is 1. The molecular weight excluding hydrogens is 340 g/mol. The number of thioether (sulfide) groups is 1. The third-order valence-corrected chi connectivity index (χ3v) is 5.61. The molecule has 1 aromatic heterocycles. The minimum atomic E-state index is 0.0670. The Kier molecular flexibility index (Phi) is 5.37. The normalized spacial score (nSPS) is 10.8. The number of aromatic nitrogens is 1. The molecule has 4 nitrogen and oxygen atoms in total. The zero-order chi connectivity index (χ0) is 16.9. The summed E-state index contributed by atoms with van der Waals surface area (Å²) in [4.78, 5) is 20.0. The highest BCUT2D eigenvalue weighted by atomic mass is 32.2. The molecule has 0 radical (unpaired) electrons. The molecule has 0 aliphatic rings. The standard InChI is InChI=1S/C18H18N2O2S2/c1-3-20(18-19-15-6-4-5-7-16(15)24-18)17(21)12-23-14-10-8-13(22-2)9-11-14/h4-11H,3,12H2,1-2H3. The number of hydrogen-bond donors (Lipinski definition) is 0. The minimum absolute atomic E-state index is 0.0670. The third-order valence-electron chi connectivity index (χ3n) is 3.55. The van der Waals surface area contributed by atoms with E-state index in [9.17, 15) is 4.79 Å². The summed E-state index contributed by atoms with van der Waals surface area (Å²) in [5.74, 6) is 1.27. The molecule has 0 fully saturated rings. The summed E-state index contributed by atoms with van der Waals surface area (Å²) < 4.78 is 6.24. The van der Waals surface area contributed by atoms with Gasteiger partial charge in [-0.25, -0.2) is 4.98 Å². The van der Waals surface area contributed by atoms with Gasteiger partial charge in [-0.3, -0.25) is 9.69 Å². The van der Waals surface area contributed by atoms with Crippen LogP contribution in [0.4, 0.5) is 5.13 Å². The molecule has 0 atom stereocenters. The van der Waals surface area contributed by atoms with Gasteiger partial charge in [0.1, 0.15) is 5.75 Å². The molecule has 2 aromatic carbocycles. The van der Waals surface area contributed by atoms with Gasteiger partial charge in [0, 0.05) is 11.4 Å². The fourth-order valence-electron chi connectivity index (χ4n) is 2.29. The number of fused-ring (bicyclic) bond motifs is 1. The topological polar surface area (TPSA) is 42.4 Å². The molecule has 0 aliphatic heterocycles. The highest BCUT2D eigenvalue weighted by Gasteiger charge is 2.18. The van der Waals surface area contributed by atoms with Crippen molar-refractivity contribution in [1.29, 1.82) is 0 Å². The van der Waals surface area contributed by atoms with Crippen molar-refractivity contribution >= 4 is 44.4 Å². The van der Waals surface area contributed by atoms with Crippen molar-refractivity contribution < 1.29 is 9.53 Å². The van der Waals surface area contributed by atoms with Crippen LogP contribution in [0.2, 0.25) is 0 Å². The maximum atomic E-state index is 12.6. The predicted octanol–water partition coefficient (Wildman–Crippen LogP) is 4.45. The first-order chi connectivity index (χ1) is 11.7.